The van der Waals surface area contributed by atoms with E-state index in [2.05, 4.69) is 21.2 Å². The van der Waals surface area contributed by atoms with E-state index in [0.29, 0.717) is 17.3 Å². The monoisotopic (exact) mass is 394 g/mol. The Bertz CT molecular complexity index is 704. The molecule has 0 unspecified atom stereocenters. The number of rotatable bonds is 5. The highest BCUT2D eigenvalue weighted by Gasteiger charge is 2.15. The number of amides is 2. The third-order valence-corrected chi connectivity index (χ3v) is 4.15. The van der Waals surface area contributed by atoms with Gasteiger partial charge >= 0.3 is 0 Å². The first kappa shape index (κ1) is 17.5. The lowest BCUT2D eigenvalue weighted by atomic mass is 10.2. The Balaban J connectivity index is 2.00. The van der Waals surface area contributed by atoms with Crippen molar-refractivity contribution in [3.05, 3.63) is 63.6 Å². The van der Waals surface area contributed by atoms with Crippen LogP contribution in [-0.2, 0) is 16.1 Å². The van der Waals surface area contributed by atoms with Crippen molar-refractivity contribution in [3.8, 4) is 0 Å². The fourth-order valence-corrected chi connectivity index (χ4v) is 2.51. The van der Waals surface area contributed by atoms with Crippen molar-refractivity contribution in [2.45, 2.75) is 13.5 Å². The molecule has 0 aliphatic heterocycles. The molecule has 0 saturated heterocycles. The molecule has 0 spiro atoms. The van der Waals surface area contributed by atoms with E-state index >= 15 is 0 Å². The Morgan fingerprint density at radius 2 is 1.78 bits per heavy atom. The Labute approximate surface area is 148 Å². The van der Waals surface area contributed by atoms with Gasteiger partial charge < -0.3 is 10.2 Å². The first-order chi connectivity index (χ1) is 11.0. The third-order valence-electron chi connectivity index (χ3n) is 3.25. The number of carbonyl (C=O) groups is 2. The first-order valence-electron chi connectivity index (χ1n) is 7.01. The van der Waals surface area contributed by atoms with Crippen molar-refractivity contribution in [3.63, 3.8) is 0 Å². The molecule has 2 rings (SSSR count). The van der Waals surface area contributed by atoms with Crippen LogP contribution < -0.4 is 10.2 Å². The fraction of sp³-hybridized carbons (Fsp3) is 0.176. The van der Waals surface area contributed by atoms with E-state index < -0.39 is 0 Å². The molecule has 0 saturated carbocycles. The van der Waals surface area contributed by atoms with Crippen LogP contribution in [0.2, 0.25) is 5.02 Å². The average molecular weight is 396 g/mol. The number of nitrogens with zero attached hydrogens (tertiary/aromatic N) is 1. The summed E-state index contributed by atoms with van der Waals surface area (Å²) >= 11 is 9.40. The lowest BCUT2D eigenvalue weighted by Crippen LogP contribution is -2.39. The Kier molecular flexibility index (Phi) is 6.19. The molecular formula is C17H16BrClN2O2. The minimum absolute atomic E-state index is 0.0403. The average Bonchev–Trinajstić information content (AvgIpc) is 2.52. The van der Waals surface area contributed by atoms with Gasteiger partial charge in [0, 0.05) is 28.7 Å². The quantitative estimate of drug-likeness (QED) is 0.838. The molecule has 0 atom stereocenters. The minimum Gasteiger partial charge on any atom is -0.350 e. The van der Waals surface area contributed by atoms with Crippen LogP contribution in [0.25, 0.3) is 0 Å². The molecule has 0 fully saturated rings. The fourth-order valence-electron chi connectivity index (χ4n) is 2.04. The molecule has 0 aliphatic rings. The normalized spacial score (nSPS) is 10.2. The van der Waals surface area contributed by atoms with Gasteiger partial charge in [-0.3, -0.25) is 9.59 Å². The SMILES string of the molecule is CC(=O)N(CC(=O)NCc1ccccc1Cl)c1ccc(Br)cc1. The van der Waals surface area contributed by atoms with Crippen molar-refractivity contribution in [1.29, 1.82) is 0 Å². The maximum absolute atomic E-state index is 12.1. The molecule has 4 nitrogen and oxygen atoms in total. The molecule has 23 heavy (non-hydrogen) atoms. The molecule has 2 amide bonds. The summed E-state index contributed by atoms with van der Waals surface area (Å²) in [6.45, 7) is 1.72. The van der Waals surface area contributed by atoms with Gasteiger partial charge in [0.25, 0.3) is 0 Å². The van der Waals surface area contributed by atoms with Crippen molar-refractivity contribution in [2.24, 2.45) is 0 Å². The number of carbonyl (C=O) groups excluding carboxylic acids is 2. The highest BCUT2D eigenvalue weighted by Crippen LogP contribution is 2.18. The summed E-state index contributed by atoms with van der Waals surface area (Å²) in [6, 6.07) is 14.5. The van der Waals surface area contributed by atoms with E-state index in [9.17, 15) is 9.59 Å². The van der Waals surface area contributed by atoms with Gasteiger partial charge in [0.2, 0.25) is 11.8 Å². The molecular weight excluding hydrogens is 380 g/mol. The van der Waals surface area contributed by atoms with E-state index in [1.54, 1.807) is 18.2 Å². The zero-order chi connectivity index (χ0) is 16.8. The Hall–Kier alpha value is -1.85. The second-order valence-electron chi connectivity index (χ2n) is 4.95. The Morgan fingerprint density at radius 1 is 1.13 bits per heavy atom. The molecule has 0 radical (unpaired) electrons. The standard InChI is InChI=1S/C17H16BrClN2O2/c1-12(22)21(15-8-6-14(18)7-9-15)11-17(23)20-10-13-4-2-3-5-16(13)19/h2-9H,10-11H2,1H3,(H,20,23). The topological polar surface area (TPSA) is 49.4 Å². The van der Waals surface area contributed by atoms with E-state index in [4.69, 9.17) is 11.6 Å². The lowest BCUT2D eigenvalue weighted by molar-refractivity contribution is -0.123. The molecule has 2 aromatic carbocycles. The van der Waals surface area contributed by atoms with Gasteiger partial charge in [-0.05, 0) is 35.9 Å². The van der Waals surface area contributed by atoms with Gasteiger partial charge in [-0.25, -0.2) is 0 Å². The maximum atomic E-state index is 12.1. The minimum atomic E-state index is -0.247. The van der Waals surface area contributed by atoms with Gasteiger partial charge in [0.15, 0.2) is 0 Å². The molecule has 2 aromatic rings. The largest absolute Gasteiger partial charge is 0.350 e. The van der Waals surface area contributed by atoms with Crippen LogP contribution in [0.3, 0.4) is 0 Å². The highest BCUT2D eigenvalue weighted by molar-refractivity contribution is 9.10. The van der Waals surface area contributed by atoms with E-state index in [1.807, 2.05) is 30.3 Å². The highest BCUT2D eigenvalue weighted by atomic mass is 79.9. The van der Waals surface area contributed by atoms with Crippen LogP contribution in [0.1, 0.15) is 12.5 Å². The van der Waals surface area contributed by atoms with E-state index in [1.165, 1.54) is 11.8 Å². The number of halogens is 2. The van der Waals surface area contributed by atoms with Crippen LogP contribution >= 0.6 is 27.5 Å². The van der Waals surface area contributed by atoms with Gasteiger partial charge in [-0.15, -0.1) is 0 Å². The maximum Gasteiger partial charge on any atom is 0.240 e. The molecule has 120 valence electrons. The zero-order valence-corrected chi connectivity index (χ0v) is 14.9. The lowest BCUT2D eigenvalue weighted by Gasteiger charge is -2.20. The van der Waals surface area contributed by atoms with Crippen LogP contribution in [0, 0.1) is 0 Å². The van der Waals surface area contributed by atoms with Gasteiger partial charge in [0.1, 0.15) is 6.54 Å². The van der Waals surface area contributed by atoms with Crippen molar-refractivity contribution in [1.82, 2.24) is 5.32 Å². The van der Waals surface area contributed by atoms with Crippen molar-refractivity contribution >= 4 is 45.0 Å². The summed E-state index contributed by atoms with van der Waals surface area (Å²) in [5.74, 6) is -0.441. The van der Waals surface area contributed by atoms with E-state index in [0.717, 1.165) is 10.0 Å². The third kappa shape index (κ3) is 5.08. The number of nitrogens with one attached hydrogen (secondary N) is 1. The molecule has 0 bridgehead atoms. The number of hydrogen-bond acceptors (Lipinski definition) is 2. The molecule has 0 heterocycles. The van der Waals surface area contributed by atoms with Crippen molar-refractivity contribution in [2.75, 3.05) is 11.4 Å². The number of benzene rings is 2. The second-order valence-corrected chi connectivity index (χ2v) is 6.27. The molecule has 0 aromatic heterocycles. The van der Waals surface area contributed by atoms with Crippen LogP contribution in [0.4, 0.5) is 5.69 Å². The molecule has 0 aliphatic carbocycles. The van der Waals surface area contributed by atoms with Gasteiger partial charge in [0.05, 0.1) is 0 Å². The van der Waals surface area contributed by atoms with Crippen LogP contribution in [0.5, 0.6) is 0 Å². The van der Waals surface area contributed by atoms with Crippen molar-refractivity contribution < 1.29 is 9.59 Å². The summed E-state index contributed by atoms with van der Waals surface area (Å²) in [7, 11) is 0. The number of anilines is 1. The summed E-state index contributed by atoms with van der Waals surface area (Å²) in [4.78, 5) is 25.4. The number of hydrogen-bond donors (Lipinski definition) is 1. The zero-order valence-electron chi connectivity index (χ0n) is 12.6. The second kappa shape index (κ2) is 8.13. The summed E-state index contributed by atoms with van der Waals surface area (Å²) in [5.41, 5.74) is 1.51. The molecule has 6 heteroatoms. The van der Waals surface area contributed by atoms with E-state index in [-0.39, 0.29) is 18.4 Å². The summed E-state index contributed by atoms with van der Waals surface area (Å²) in [5, 5.41) is 3.38. The summed E-state index contributed by atoms with van der Waals surface area (Å²) < 4.78 is 0.910. The summed E-state index contributed by atoms with van der Waals surface area (Å²) in [6.07, 6.45) is 0. The first-order valence-corrected chi connectivity index (χ1v) is 8.18. The smallest absolute Gasteiger partial charge is 0.240 e. The predicted molar refractivity (Wildman–Crippen MR) is 95.5 cm³/mol. The Morgan fingerprint density at radius 3 is 2.39 bits per heavy atom. The molecule has 1 N–H and O–H groups in total. The predicted octanol–water partition coefficient (Wildman–Crippen LogP) is 3.77. The van der Waals surface area contributed by atoms with Crippen LogP contribution in [-0.4, -0.2) is 18.4 Å². The van der Waals surface area contributed by atoms with Gasteiger partial charge in [-0.1, -0.05) is 45.7 Å². The van der Waals surface area contributed by atoms with Gasteiger partial charge in [-0.2, -0.15) is 0 Å². The van der Waals surface area contributed by atoms with Crippen LogP contribution in [0.15, 0.2) is 53.0 Å².